The van der Waals surface area contributed by atoms with Gasteiger partial charge in [-0.05, 0) is 78.7 Å². The topological polar surface area (TPSA) is 9.23 Å². The van der Waals surface area contributed by atoms with Crippen LogP contribution in [0.25, 0.3) is 0 Å². The highest BCUT2D eigenvalue weighted by Gasteiger charge is 1.94. The lowest BCUT2D eigenvalue weighted by Crippen LogP contribution is -1.93. The van der Waals surface area contributed by atoms with Crippen LogP contribution in [0.4, 0.5) is 0 Å². The summed E-state index contributed by atoms with van der Waals surface area (Å²) in [5, 5.41) is 0. The molecule has 0 fully saturated rings. The van der Waals surface area contributed by atoms with Crippen molar-refractivity contribution in [2.75, 3.05) is 6.61 Å². The summed E-state index contributed by atoms with van der Waals surface area (Å²) in [5.41, 5.74) is 7.07. The van der Waals surface area contributed by atoms with Crippen LogP contribution in [0, 0.1) is 0 Å². The summed E-state index contributed by atoms with van der Waals surface area (Å²) in [4.78, 5) is 0. The molecule has 0 aliphatic carbocycles. The Labute approximate surface area is 173 Å². The van der Waals surface area contributed by atoms with Crippen molar-refractivity contribution < 1.29 is 4.74 Å². The highest BCUT2D eigenvalue weighted by Crippen LogP contribution is 2.13. The van der Waals surface area contributed by atoms with E-state index in [1.54, 1.807) is 0 Å². The summed E-state index contributed by atoms with van der Waals surface area (Å²) >= 11 is 0. The van der Waals surface area contributed by atoms with Gasteiger partial charge in [0.15, 0.2) is 0 Å². The minimum Gasteiger partial charge on any atom is -0.373 e. The van der Waals surface area contributed by atoms with Gasteiger partial charge in [-0.25, -0.2) is 0 Å². The van der Waals surface area contributed by atoms with E-state index in [-0.39, 0.29) is 0 Å². The van der Waals surface area contributed by atoms with Crippen LogP contribution in [-0.4, -0.2) is 6.61 Å². The first-order valence-corrected chi connectivity index (χ1v) is 10.7. The molecule has 154 valence electrons. The zero-order valence-corrected chi connectivity index (χ0v) is 18.8. The molecule has 0 saturated carbocycles. The first-order valence-electron chi connectivity index (χ1n) is 10.7. The number of hydrogen-bond donors (Lipinski definition) is 0. The molecule has 0 aliphatic rings. The Kier molecular flexibility index (Phi) is 13.0. The lowest BCUT2D eigenvalue weighted by molar-refractivity contribution is 0.148. The number of rotatable bonds is 13. The second kappa shape index (κ2) is 15.1. The Hall–Kier alpha value is -1.86. The van der Waals surface area contributed by atoms with E-state index in [9.17, 15) is 0 Å². The SMILES string of the molecule is CC(C)=CCCC(C)=CCCC(C)=CCCC(C)=CCOCc1ccccc1. The minimum absolute atomic E-state index is 0.685. The molecule has 0 spiro atoms. The maximum absolute atomic E-state index is 5.73. The Bertz CT molecular complexity index is 655. The van der Waals surface area contributed by atoms with Gasteiger partial charge in [0.2, 0.25) is 0 Å². The van der Waals surface area contributed by atoms with E-state index < -0.39 is 0 Å². The molecule has 0 atom stereocenters. The highest BCUT2D eigenvalue weighted by atomic mass is 16.5. The molecule has 1 heteroatoms. The second-order valence-electron chi connectivity index (χ2n) is 8.05. The average Bonchev–Trinajstić information content (AvgIpc) is 2.66. The number of benzene rings is 1. The molecule has 28 heavy (non-hydrogen) atoms. The van der Waals surface area contributed by atoms with Gasteiger partial charge in [0, 0.05) is 0 Å². The predicted molar refractivity (Wildman–Crippen MR) is 125 cm³/mol. The Morgan fingerprint density at radius 1 is 0.679 bits per heavy atom. The fourth-order valence-corrected chi connectivity index (χ4v) is 2.94. The van der Waals surface area contributed by atoms with Gasteiger partial charge in [0.05, 0.1) is 13.2 Å². The molecule has 1 aromatic carbocycles. The molecule has 0 heterocycles. The number of ether oxygens (including phenoxy) is 1. The highest BCUT2D eigenvalue weighted by molar-refractivity contribution is 5.13. The summed E-state index contributed by atoms with van der Waals surface area (Å²) in [6.07, 6.45) is 16.3. The van der Waals surface area contributed by atoms with E-state index in [0.717, 1.165) is 19.3 Å². The Morgan fingerprint density at radius 2 is 1.18 bits per heavy atom. The number of hydrogen-bond acceptors (Lipinski definition) is 1. The molecular formula is C27H40O. The summed E-state index contributed by atoms with van der Waals surface area (Å²) in [6.45, 7) is 12.4. The molecule has 0 aromatic heterocycles. The van der Waals surface area contributed by atoms with Crippen molar-refractivity contribution in [3.8, 4) is 0 Å². The van der Waals surface area contributed by atoms with Crippen molar-refractivity contribution in [3.63, 3.8) is 0 Å². The second-order valence-corrected chi connectivity index (χ2v) is 8.05. The van der Waals surface area contributed by atoms with E-state index in [1.165, 1.54) is 47.1 Å². The fraction of sp³-hybridized carbons (Fsp3) is 0.481. The van der Waals surface area contributed by atoms with Crippen molar-refractivity contribution in [2.24, 2.45) is 0 Å². The van der Waals surface area contributed by atoms with Crippen LogP contribution in [0.5, 0.6) is 0 Å². The molecule has 1 nitrogen and oxygen atoms in total. The van der Waals surface area contributed by atoms with Crippen LogP contribution in [0.2, 0.25) is 0 Å². The maximum atomic E-state index is 5.73. The quantitative estimate of drug-likeness (QED) is 0.247. The van der Waals surface area contributed by atoms with Crippen LogP contribution in [0.3, 0.4) is 0 Å². The van der Waals surface area contributed by atoms with Crippen molar-refractivity contribution in [2.45, 2.75) is 79.8 Å². The first-order chi connectivity index (χ1) is 13.5. The first kappa shape index (κ1) is 24.2. The largest absolute Gasteiger partial charge is 0.373 e. The van der Waals surface area contributed by atoms with Crippen molar-refractivity contribution in [1.29, 1.82) is 0 Å². The van der Waals surface area contributed by atoms with E-state index in [4.69, 9.17) is 4.74 Å². The normalized spacial score (nSPS) is 13.0. The smallest absolute Gasteiger partial charge is 0.0721 e. The van der Waals surface area contributed by atoms with Crippen LogP contribution >= 0.6 is 0 Å². The molecule has 1 rings (SSSR count). The van der Waals surface area contributed by atoms with Crippen molar-refractivity contribution >= 4 is 0 Å². The zero-order chi connectivity index (χ0) is 20.6. The van der Waals surface area contributed by atoms with E-state index in [1.807, 2.05) is 6.07 Å². The minimum atomic E-state index is 0.685. The summed E-state index contributed by atoms with van der Waals surface area (Å²) in [7, 11) is 0. The summed E-state index contributed by atoms with van der Waals surface area (Å²) in [6, 6.07) is 10.3. The fourth-order valence-electron chi connectivity index (χ4n) is 2.94. The predicted octanol–water partition coefficient (Wildman–Crippen LogP) is 8.35. The Balaban J connectivity index is 2.17. The van der Waals surface area contributed by atoms with Crippen LogP contribution in [0.1, 0.15) is 78.7 Å². The van der Waals surface area contributed by atoms with Gasteiger partial charge in [-0.2, -0.15) is 0 Å². The van der Waals surface area contributed by atoms with Gasteiger partial charge in [-0.15, -0.1) is 0 Å². The van der Waals surface area contributed by atoms with Gasteiger partial charge >= 0.3 is 0 Å². The van der Waals surface area contributed by atoms with E-state index in [2.05, 4.69) is 83.2 Å². The molecule has 0 unspecified atom stereocenters. The molecule has 0 aliphatic heterocycles. The van der Waals surface area contributed by atoms with Crippen LogP contribution in [0.15, 0.2) is 76.9 Å². The third-order valence-electron chi connectivity index (χ3n) is 4.82. The number of allylic oxidation sites excluding steroid dienone is 7. The third kappa shape index (κ3) is 13.3. The molecule has 0 saturated heterocycles. The maximum Gasteiger partial charge on any atom is 0.0721 e. The van der Waals surface area contributed by atoms with Gasteiger partial charge in [-0.1, -0.05) is 76.9 Å². The van der Waals surface area contributed by atoms with Gasteiger partial charge in [0.25, 0.3) is 0 Å². The lowest BCUT2D eigenvalue weighted by atomic mass is 10.0. The van der Waals surface area contributed by atoms with E-state index in [0.29, 0.717) is 13.2 Å². The monoisotopic (exact) mass is 380 g/mol. The molecule has 0 N–H and O–H groups in total. The molecule has 0 amide bonds. The summed E-state index contributed by atoms with van der Waals surface area (Å²) < 4.78 is 5.73. The van der Waals surface area contributed by atoms with E-state index >= 15 is 0 Å². The van der Waals surface area contributed by atoms with Crippen LogP contribution in [-0.2, 0) is 11.3 Å². The third-order valence-corrected chi connectivity index (χ3v) is 4.82. The van der Waals surface area contributed by atoms with Gasteiger partial charge in [0.1, 0.15) is 0 Å². The zero-order valence-electron chi connectivity index (χ0n) is 18.8. The summed E-state index contributed by atoms with van der Waals surface area (Å²) in [5.74, 6) is 0. The van der Waals surface area contributed by atoms with Crippen molar-refractivity contribution in [3.05, 3.63) is 82.5 Å². The average molecular weight is 381 g/mol. The molecule has 0 radical (unpaired) electrons. The lowest BCUT2D eigenvalue weighted by Gasteiger charge is -2.04. The van der Waals surface area contributed by atoms with Gasteiger partial charge < -0.3 is 4.74 Å². The van der Waals surface area contributed by atoms with Crippen LogP contribution < -0.4 is 0 Å². The molecule has 0 bridgehead atoms. The molecule has 1 aromatic rings. The van der Waals surface area contributed by atoms with Gasteiger partial charge in [-0.3, -0.25) is 0 Å². The van der Waals surface area contributed by atoms with Crippen molar-refractivity contribution in [1.82, 2.24) is 0 Å². The molecular weight excluding hydrogens is 340 g/mol. The standard InChI is InChI=1S/C27H40O/c1-23(2)12-9-13-24(3)14-10-15-25(4)16-11-17-26(5)20-21-28-22-27-18-7-6-8-19-27/h6-8,12,14,16,18-20H,9-11,13,15,17,21-22H2,1-5H3. The Morgan fingerprint density at radius 3 is 1.71 bits per heavy atom.